The van der Waals surface area contributed by atoms with Crippen molar-refractivity contribution in [2.24, 2.45) is 0 Å². The summed E-state index contributed by atoms with van der Waals surface area (Å²) in [6, 6.07) is 5.90. The molecule has 6 heteroatoms. The molecule has 86 valence electrons. The van der Waals surface area contributed by atoms with Crippen molar-refractivity contribution in [1.29, 1.82) is 0 Å². The lowest BCUT2D eigenvalue weighted by Crippen LogP contribution is -2.13. The molecule has 0 bridgehead atoms. The third kappa shape index (κ3) is 2.85. The van der Waals surface area contributed by atoms with Crippen molar-refractivity contribution in [3.05, 3.63) is 52.5 Å². The van der Waals surface area contributed by atoms with E-state index in [9.17, 15) is 9.18 Å². The van der Waals surface area contributed by atoms with Crippen molar-refractivity contribution in [3.8, 4) is 0 Å². The standard InChI is InChI=1S/C11H7BrFN3O/c12-8-1-2-10(9(13)5-8)16-11(17)7-3-4-14-15-6-7/h1-6H,(H,16,17). The largest absolute Gasteiger partial charge is 0.319 e. The van der Waals surface area contributed by atoms with E-state index >= 15 is 0 Å². The minimum Gasteiger partial charge on any atom is -0.319 e. The SMILES string of the molecule is O=C(Nc1ccc(Br)cc1F)c1ccnnc1. The van der Waals surface area contributed by atoms with Gasteiger partial charge in [-0.15, -0.1) is 0 Å². The van der Waals surface area contributed by atoms with Crippen molar-refractivity contribution in [1.82, 2.24) is 10.2 Å². The van der Waals surface area contributed by atoms with Crippen molar-refractivity contribution in [2.45, 2.75) is 0 Å². The van der Waals surface area contributed by atoms with Crippen LogP contribution in [-0.2, 0) is 0 Å². The predicted octanol–water partition coefficient (Wildman–Crippen LogP) is 2.63. The Hall–Kier alpha value is -1.82. The van der Waals surface area contributed by atoms with Gasteiger partial charge in [0.15, 0.2) is 0 Å². The molecule has 0 atom stereocenters. The average molecular weight is 296 g/mol. The van der Waals surface area contributed by atoms with E-state index in [1.807, 2.05) is 0 Å². The molecule has 1 heterocycles. The van der Waals surface area contributed by atoms with E-state index < -0.39 is 11.7 Å². The molecule has 2 aromatic rings. The van der Waals surface area contributed by atoms with Crippen LogP contribution < -0.4 is 5.32 Å². The molecule has 0 aliphatic carbocycles. The Balaban J connectivity index is 2.19. The Bertz CT molecular complexity index is 548. The van der Waals surface area contributed by atoms with E-state index in [0.717, 1.165) is 0 Å². The van der Waals surface area contributed by atoms with E-state index in [-0.39, 0.29) is 5.69 Å². The van der Waals surface area contributed by atoms with Gasteiger partial charge in [-0.25, -0.2) is 4.39 Å². The maximum absolute atomic E-state index is 13.5. The molecule has 1 amide bonds. The lowest BCUT2D eigenvalue weighted by Gasteiger charge is -2.05. The molecule has 0 aliphatic rings. The summed E-state index contributed by atoms with van der Waals surface area (Å²) in [4.78, 5) is 11.7. The van der Waals surface area contributed by atoms with Crippen LogP contribution in [0.15, 0.2) is 41.1 Å². The number of halogens is 2. The van der Waals surface area contributed by atoms with Gasteiger partial charge >= 0.3 is 0 Å². The average Bonchev–Trinajstić information content (AvgIpc) is 2.34. The molecular weight excluding hydrogens is 289 g/mol. The summed E-state index contributed by atoms with van der Waals surface area (Å²) in [5.74, 6) is -0.934. The summed E-state index contributed by atoms with van der Waals surface area (Å²) >= 11 is 3.14. The maximum Gasteiger partial charge on any atom is 0.257 e. The van der Waals surface area contributed by atoms with Gasteiger partial charge < -0.3 is 5.32 Å². The quantitative estimate of drug-likeness (QED) is 0.927. The first-order valence-electron chi connectivity index (χ1n) is 4.70. The van der Waals surface area contributed by atoms with E-state index in [1.165, 1.54) is 30.6 Å². The number of rotatable bonds is 2. The highest BCUT2D eigenvalue weighted by molar-refractivity contribution is 9.10. The smallest absolute Gasteiger partial charge is 0.257 e. The molecule has 0 aliphatic heterocycles. The molecule has 0 radical (unpaired) electrons. The fraction of sp³-hybridized carbons (Fsp3) is 0. The number of amides is 1. The van der Waals surface area contributed by atoms with Gasteiger partial charge in [0.05, 0.1) is 23.6 Å². The number of carbonyl (C=O) groups excluding carboxylic acids is 1. The number of hydrogen-bond donors (Lipinski definition) is 1. The summed E-state index contributed by atoms with van der Waals surface area (Å²) in [6.45, 7) is 0. The number of benzene rings is 1. The van der Waals surface area contributed by atoms with Gasteiger partial charge in [-0.3, -0.25) is 4.79 Å². The second-order valence-electron chi connectivity index (χ2n) is 3.21. The third-order valence-corrected chi connectivity index (χ3v) is 2.52. The van der Waals surface area contributed by atoms with Gasteiger partial charge in [0.2, 0.25) is 0 Å². The van der Waals surface area contributed by atoms with Crippen LogP contribution in [0.5, 0.6) is 0 Å². The Morgan fingerprint density at radius 1 is 1.29 bits per heavy atom. The van der Waals surface area contributed by atoms with Gasteiger partial charge in [-0.1, -0.05) is 15.9 Å². The van der Waals surface area contributed by atoms with E-state index in [4.69, 9.17) is 0 Å². The second-order valence-corrected chi connectivity index (χ2v) is 4.13. The number of hydrogen-bond acceptors (Lipinski definition) is 3. The molecule has 17 heavy (non-hydrogen) atoms. The predicted molar refractivity (Wildman–Crippen MR) is 64.1 cm³/mol. The molecule has 0 fully saturated rings. The first-order chi connectivity index (χ1) is 8.16. The first-order valence-corrected chi connectivity index (χ1v) is 5.49. The molecule has 4 nitrogen and oxygen atoms in total. The van der Waals surface area contributed by atoms with Crippen molar-refractivity contribution in [3.63, 3.8) is 0 Å². The normalized spacial score (nSPS) is 10.0. The van der Waals surface area contributed by atoms with Crippen molar-refractivity contribution in [2.75, 3.05) is 5.32 Å². The minimum absolute atomic E-state index is 0.120. The van der Waals surface area contributed by atoms with Crippen LogP contribution in [0.2, 0.25) is 0 Å². The summed E-state index contributed by atoms with van der Waals surface area (Å²) in [6.07, 6.45) is 2.71. The Labute approximate surface area is 105 Å². The molecule has 0 saturated heterocycles. The van der Waals surface area contributed by atoms with Gasteiger partial charge in [-0.05, 0) is 24.3 Å². The highest BCUT2D eigenvalue weighted by Gasteiger charge is 2.09. The number of aromatic nitrogens is 2. The lowest BCUT2D eigenvalue weighted by molar-refractivity contribution is 0.102. The first kappa shape index (κ1) is 11.7. The van der Waals surface area contributed by atoms with Crippen LogP contribution in [0, 0.1) is 5.82 Å². The summed E-state index contributed by atoms with van der Waals surface area (Å²) < 4.78 is 14.1. The van der Waals surface area contributed by atoms with Crippen LogP contribution in [0.3, 0.4) is 0 Å². The van der Waals surface area contributed by atoms with Crippen LogP contribution in [0.1, 0.15) is 10.4 Å². The zero-order valence-corrected chi connectivity index (χ0v) is 10.1. The Morgan fingerprint density at radius 3 is 2.76 bits per heavy atom. The van der Waals surface area contributed by atoms with Crippen LogP contribution in [-0.4, -0.2) is 16.1 Å². The van der Waals surface area contributed by atoms with Crippen molar-refractivity contribution < 1.29 is 9.18 Å². The highest BCUT2D eigenvalue weighted by atomic mass is 79.9. The second kappa shape index (κ2) is 5.01. The van der Waals surface area contributed by atoms with E-state index in [0.29, 0.717) is 10.0 Å². The topological polar surface area (TPSA) is 54.9 Å². The zero-order valence-electron chi connectivity index (χ0n) is 8.52. The van der Waals surface area contributed by atoms with Gasteiger partial charge in [0.1, 0.15) is 5.82 Å². The fourth-order valence-corrected chi connectivity index (χ4v) is 1.54. The number of anilines is 1. The molecule has 1 N–H and O–H groups in total. The van der Waals surface area contributed by atoms with E-state index in [1.54, 1.807) is 6.07 Å². The summed E-state index contributed by atoms with van der Waals surface area (Å²) in [7, 11) is 0. The molecule has 1 aromatic carbocycles. The Morgan fingerprint density at radius 2 is 2.12 bits per heavy atom. The van der Waals surface area contributed by atoms with Crippen molar-refractivity contribution >= 4 is 27.5 Å². The number of nitrogens with one attached hydrogen (secondary N) is 1. The Kier molecular flexibility index (Phi) is 3.43. The van der Waals surface area contributed by atoms with Gasteiger partial charge in [-0.2, -0.15) is 10.2 Å². The highest BCUT2D eigenvalue weighted by Crippen LogP contribution is 2.19. The maximum atomic E-state index is 13.5. The molecule has 0 unspecified atom stereocenters. The summed E-state index contributed by atoms with van der Waals surface area (Å²) in [5, 5.41) is 9.58. The molecule has 2 rings (SSSR count). The van der Waals surface area contributed by atoms with E-state index in [2.05, 4.69) is 31.4 Å². The van der Waals surface area contributed by atoms with Crippen LogP contribution in [0.4, 0.5) is 10.1 Å². The lowest BCUT2D eigenvalue weighted by atomic mass is 10.2. The molecule has 0 spiro atoms. The zero-order chi connectivity index (χ0) is 12.3. The van der Waals surface area contributed by atoms with Gasteiger partial charge in [0, 0.05) is 4.47 Å². The summed E-state index contributed by atoms with van der Waals surface area (Å²) in [5.41, 5.74) is 0.442. The van der Waals surface area contributed by atoms with Crippen LogP contribution >= 0.6 is 15.9 Å². The number of carbonyl (C=O) groups is 1. The molecule has 0 saturated carbocycles. The fourth-order valence-electron chi connectivity index (χ4n) is 1.21. The number of nitrogens with zero attached hydrogens (tertiary/aromatic N) is 2. The molecular formula is C11H7BrFN3O. The molecule has 1 aromatic heterocycles. The monoisotopic (exact) mass is 295 g/mol. The van der Waals surface area contributed by atoms with Gasteiger partial charge in [0.25, 0.3) is 5.91 Å². The third-order valence-electron chi connectivity index (χ3n) is 2.03. The minimum atomic E-state index is -0.505. The van der Waals surface area contributed by atoms with Crippen LogP contribution in [0.25, 0.3) is 0 Å².